The molecule has 0 aliphatic carbocycles. The largest absolute Gasteiger partial charge is 0.343 e. The van der Waals surface area contributed by atoms with E-state index in [1.807, 2.05) is 0 Å². The summed E-state index contributed by atoms with van der Waals surface area (Å²) in [7, 11) is 0. The van der Waals surface area contributed by atoms with Crippen LogP contribution in [0.1, 0.15) is 4.88 Å². The second-order valence-electron chi connectivity index (χ2n) is 5.93. The molecular weight excluding hydrogens is 396 g/mol. The number of nitrogens with zero attached hydrogens (tertiary/aromatic N) is 2. The van der Waals surface area contributed by atoms with E-state index in [0.717, 1.165) is 9.80 Å². The lowest BCUT2D eigenvalue weighted by Gasteiger charge is -2.33. The number of halogens is 1. The maximum absolute atomic E-state index is 13.1. The summed E-state index contributed by atoms with van der Waals surface area (Å²) in [6, 6.07) is 19.7. The Morgan fingerprint density at radius 3 is 1.64 bits per heavy atom. The fraction of sp³-hybridized carbons (Fsp3) is 0. The second kappa shape index (κ2) is 7.42. The van der Waals surface area contributed by atoms with E-state index < -0.39 is 17.8 Å². The summed E-state index contributed by atoms with van der Waals surface area (Å²) < 4.78 is 0.540. The van der Waals surface area contributed by atoms with Crippen LogP contribution >= 0.6 is 22.9 Å². The van der Waals surface area contributed by atoms with Gasteiger partial charge in [0.2, 0.25) is 0 Å². The number of rotatable bonds is 3. The van der Waals surface area contributed by atoms with Crippen molar-refractivity contribution in [3.63, 3.8) is 0 Å². The Morgan fingerprint density at radius 2 is 1.21 bits per heavy atom. The van der Waals surface area contributed by atoms with Gasteiger partial charge in [-0.15, -0.1) is 11.3 Å². The van der Waals surface area contributed by atoms with Gasteiger partial charge in [-0.2, -0.15) is 0 Å². The van der Waals surface area contributed by atoms with Crippen LogP contribution in [0.15, 0.2) is 78.4 Å². The first-order valence-electron chi connectivity index (χ1n) is 8.36. The van der Waals surface area contributed by atoms with E-state index in [9.17, 15) is 14.4 Å². The van der Waals surface area contributed by atoms with Gasteiger partial charge in [-0.3, -0.25) is 9.59 Å². The maximum Gasteiger partial charge on any atom is 0.343 e. The molecule has 5 nitrogen and oxygen atoms in total. The molecule has 2 aromatic carbocycles. The molecule has 0 spiro atoms. The van der Waals surface area contributed by atoms with Crippen molar-refractivity contribution in [1.29, 1.82) is 0 Å². The molecule has 2 heterocycles. The highest BCUT2D eigenvalue weighted by Crippen LogP contribution is 2.31. The minimum atomic E-state index is -0.714. The smallest absolute Gasteiger partial charge is 0.268 e. The van der Waals surface area contributed by atoms with E-state index >= 15 is 0 Å². The van der Waals surface area contributed by atoms with Crippen LogP contribution in [0, 0.1) is 0 Å². The Kier molecular flexibility index (Phi) is 4.81. The van der Waals surface area contributed by atoms with Crippen LogP contribution in [0.2, 0.25) is 4.34 Å². The molecule has 0 atom stereocenters. The van der Waals surface area contributed by atoms with Gasteiger partial charge in [0.15, 0.2) is 0 Å². The van der Waals surface area contributed by atoms with Crippen LogP contribution in [0.25, 0.3) is 6.08 Å². The number of carbonyl (C=O) groups excluding carboxylic acids is 3. The number of hydrogen-bond acceptors (Lipinski definition) is 4. The van der Waals surface area contributed by atoms with Gasteiger partial charge >= 0.3 is 6.03 Å². The predicted octanol–water partition coefficient (Wildman–Crippen LogP) is 4.98. The van der Waals surface area contributed by atoms with Crippen LogP contribution in [0.5, 0.6) is 0 Å². The third-order valence-corrected chi connectivity index (χ3v) is 5.34. The van der Waals surface area contributed by atoms with Crippen LogP contribution in [-0.4, -0.2) is 17.8 Å². The fourth-order valence-corrected chi connectivity index (χ4v) is 3.89. The summed E-state index contributed by atoms with van der Waals surface area (Å²) in [5.41, 5.74) is 0.674. The zero-order chi connectivity index (χ0) is 19.7. The Morgan fingerprint density at radius 1 is 0.714 bits per heavy atom. The molecule has 1 aliphatic heterocycles. The minimum Gasteiger partial charge on any atom is -0.268 e. The zero-order valence-electron chi connectivity index (χ0n) is 14.4. The fourth-order valence-electron chi connectivity index (χ4n) is 2.89. The van der Waals surface area contributed by atoms with Gasteiger partial charge in [0.25, 0.3) is 11.8 Å². The molecule has 3 aromatic rings. The van der Waals surface area contributed by atoms with Crippen molar-refractivity contribution in [2.24, 2.45) is 0 Å². The number of hydrogen-bond donors (Lipinski definition) is 0. The van der Waals surface area contributed by atoms with E-state index in [1.54, 1.807) is 72.8 Å². The maximum atomic E-state index is 13.1. The number of barbiturate groups is 1. The lowest BCUT2D eigenvalue weighted by Crippen LogP contribution is -2.57. The number of amides is 4. The number of anilines is 2. The first-order chi connectivity index (χ1) is 13.6. The van der Waals surface area contributed by atoms with Gasteiger partial charge in [0, 0.05) is 4.88 Å². The first-order valence-corrected chi connectivity index (χ1v) is 9.56. The van der Waals surface area contributed by atoms with Crippen molar-refractivity contribution >= 4 is 58.2 Å². The molecular formula is C21H13ClN2O3S. The summed E-state index contributed by atoms with van der Waals surface area (Å²) in [6.45, 7) is 0. The summed E-state index contributed by atoms with van der Waals surface area (Å²) in [5.74, 6) is -1.34. The second-order valence-corrected chi connectivity index (χ2v) is 7.68. The van der Waals surface area contributed by atoms with Crippen LogP contribution < -0.4 is 9.80 Å². The molecule has 138 valence electrons. The predicted molar refractivity (Wildman–Crippen MR) is 111 cm³/mol. The van der Waals surface area contributed by atoms with E-state index in [4.69, 9.17) is 11.6 Å². The molecule has 1 aromatic heterocycles. The van der Waals surface area contributed by atoms with E-state index in [1.165, 1.54) is 17.4 Å². The van der Waals surface area contributed by atoms with Gasteiger partial charge in [0.05, 0.1) is 15.7 Å². The quantitative estimate of drug-likeness (QED) is 0.453. The molecule has 0 N–H and O–H groups in total. The molecule has 1 fully saturated rings. The Hall–Kier alpha value is -3.22. The molecule has 0 bridgehead atoms. The lowest BCUT2D eigenvalue weighted by molar-refractivity contribution is -0.121. The highest BCUT2D eigenvalue weighted by Gasteiger charge is 2.43. The molecule has 7 heteroatoms. The van der Waals surface area contributed by atoms with Crippen molar-refractivity contribution < 1.29 is 14.4 Å². The summed E-state index contributed by atoms with van der Waals surface area (Å²) in [4.78, 5) is 42.0. The van der Waals surface area contributed by atoms with Gasteiger partial charge in [-0.25, -0.2) is 14.6 Å². The van der Waals surface area contributed by atoms with Crippen molar-refractivity contribution in [1.82, 2.24) is 0 Å². The summed E-state index contributed by atoms with van der Waals surface area (Å²) >= 11 is 7.21. The van der Waals surface area contributed by atoms with Crippen LogP contribution in [-0.2, 0) is 9.59 Å². The average molecular weight is 409 g/mol. The SMILES string of the molecule is O=C1C(=Cc2ccc(Cl)s2)C(=O)N(c2ccccc2)C(=O)N1c1ccccc1. The summed E-state index contributed by atoms with van der Waals surface area (Å²) in [5, 5.41) is 0. The van der Waals surface area contributed by atoms with Crippen molar-refractivity contribution in [3.8, 4) is 0 Å². The van der Waals surface area contributed by atoms with Crippen molar-refractivity contribution in [3.05, 3.63) is 87.6 Å². The van der Waals surface area contributed by atoms with E-state index in [2.05, 4.69) is 0 Å². The number of benzene rings is 2. The monoisotopic (exact) mass is 408 g/mol. The van der Waals surface area contributed by atoms with Gasteiger partial charge in [0.1, 0.15) is 5.57 Å². The Labute approximate surface area is 170 Å². The van der Waals surface area contributed by atoms with E-state index in [0.29, 0.717) is 20.6 Å². The molecule has 0 unspecified atom stereocenters. The van der Waals surface area contributed by atoms with Crippen LogP contribution in [0.4, 0.5) is 16.2 Å². The Bertz CT molecular complexity index is 1030. The van der Waals surface area contributed by atoms with Gasteiger partial charge in [-0.05, 0) is 42.5 Å². The molecule has 28 heavy (non-hydrogen) atoms. The van der Waals surface area contributed by atoms with Crippen molar-refractivity contribution in [2.45, 2.75) is 0 Å². The molecule has 1 aliphatic rings. The number of para-hydroxylation sites is 2. The lowest BCUT2D eigenvalue weighted by atomic mass is 10.1. The molecule has 1 saturated heterocycles. The highest BCUT2D eigenvalue weighted by atomic mass is 35.5. The van der Waals surface area contributed by atoms with E-state index in [-0.39, 0.29) is 5.57 Å². The molecule has 0 saturated carbocycles. The Balaban J connectivity index is 1.86. The third kappa shape index (κ3) is 3.24. The zero-order valence-corrected chi connectivity index (χ0v) is 16.0. The molecule has 4 amide bonds. The topological polar surface area (TPSA) is 57.7 Å². The number of imide groups is 2. The molecule has 0 radical (unpaired) electrons. The summed E-state index contributed by atoms with van der Waals surface area (Å²) in [6.07, 6.45) is 1.47. The average Bonchev–Trinajstić information content (AvgIpc) is 3.12. The highest BCUT2D eigenvalue weighted by molar-refractivity contribution is 7.17. The normalized spacial score (nSPS) is 14.6. The van der Waals surface area contributed by atoms with Gasteiger partial charge in [-0.1, -0.05) is 48.0 Å². The number of urea groups is 1. The van der Waals surface area contributed by atoms with Crippen molar-refractivity contribution in [2.75, 3.05) is 9.80 Å². The third-order valence-electron chi connectivity index (χ3n) is 4.16. The van der Waals surface area contributed by atoms with Gasteiger partial charge < -0.3 is 0 Å². The minimum absolute atomic E-state index is 0.106. The standard InChI is InChI=1S/C21H13ClN2O3S/c22-18-12-11-16(28-18)13-17-19(25)23(14-7-3-1-4-8-14)21(27)24(20(17)26)15-9-5-2-6-10-15/h1-13H. The number of carbonyl (C=O) groups is 3. The number of thiophene rings is 1. The molecule has 4 rings (SSSR count). The first kappa shape index (κ1) is 18.2. The van der Waals surface area contributed by atoms with Crippen LogP contribution in [0.3, 0.4) is 0 Å².